The molecule has 0 aromatic heterocycles. The summed E-state index contributed by atoms with van der Waals surface area (Å²) in [5, 5.41) is 5.88. The molecule has 0 bridgehead atoms. The van der Waals surface area contributed by atoms with E-state index < -0.39 is 0 Å². The van der Waals surface area contributed by atoms with E-state index in [9.17, 15) is 0 Å². The summed E-state index contributed by atoms with van der Waals surface area (Å²) in [6.07, 6.45) is 2.10. The molecule has 3 heteroatoms. The third-order valence-electron chi connectivity index (χ3n) is 4.77. The number of ether oxygens (including phenoxy) is 1. The molecule has 0 heterocycles. The molecule has 0 aliphatic carbocycles. The standard InChI is InChI=1S/C23H27NO.H3N/c1-5-17-12-14-21-20(19(17)6-2)9-8-10-23(21)25-18-13-11-16(4)22(15-18)24-7-3;/h8-15,24H,5-7H2,1-4H3;1H3. The van der Waals surface area contributed by atoms with Crippen molar-refractivity contribution in [2.24, 2.45) is 0 Å². The first kappa shape index (κ1) is 19.8. The molecule has 26 heavy (non-hydrogen) atoms. The predicted octanol–water partition coefficient (Wildman–Crippen LogP) is 6.66. The average molecular weight is 351 g/mol. The first-order chi connectivity index (χ1) is 12.2. The Morgan fingerprint density at radius 1 is 0.885 bits per heavy atom. The molecule has 3 aromatic rings. The van der Waals surface area contributed by atoms with Crippen LogP contribution in [0.4, 0.5) is 5.69 Å². The molecule has 0 fully saturated rings. The molecule has 3 nitrogen and oxygen atoms in total. The summed E-state index contributed by atoms with van der Waals surface area (Å²) in [7, 11) is 0. The van der Waals surface area contributed by atoms with Gasteiger partial charge in [-0.05, 0) is 60.9 Å². The quantitative estimate of drug-likeness (QED) is 0.522. The van der Waals surface area contributed by atoms with Gasteiger partial charge >= 0.3 is 0 Å². The highest BCUT2D eigenvalue weighted by atomic mass is 16.5. The number of nitrogens with one attached hydrogen (secondary N) is 1. The summed E-state index contributed by atoms with van der Waals surface area (Å²) in [4.78, 5) is 0. The van der Waals surface area contributed by atoms with E-state index in [1.807, 2.05) is 6.07 Å². The van der Waals surface area contributed by atoms with E-state index in [-0.39, 0.29) is 6.15 Å². The lowest BCUT2D eigenvalue weighted by molar-refractivity contribution is 0.488. The van der Waals surface area contributed by atoms with Crippen LogP contribution in [-0.4, -0.2) is 6.54 Å². The molecule has 4 N–H and O–H groups in total. The maximum atomic E-state index is 6.27. The van der Waals surface area contributed by atoms with Crippen molar-refractivity contribution in [2.45, 2.75) is 40.5 Å². The van der Waals surface area contributed by atoms with Gasteiger partial charge in [0.2, 0.25) is 0 Å². The smallest absolute Gasteiger partial charge is 0.135 e. The molecule has 0 aliphatic heterocycles. The Morgan fingerprint density at radius 3 is 2.38 bits per heavy atom. The summed E-state index contributed by atoms with van der Waals surface area (Å²) >= 11 is 0. The molecule has 0 saturated heterocycles. The molecule has 0 unspecified atom stereocenters. The highest BCUT2D eigenvalue weighted by molar-refractivity contribution is 5.92. The van der Waals surface area contributed by atoms with Crippen molar-refractivity contribution in [3.8, 4) is 11.5 Å². The van der Waals surface area contributed by atoms with Gasteiger partial charge in [-0.2, -0.15) is 0 Å². The van der Waals surface area contributed by atoms with Crippen LogP contribution >= 0.6 is 0 Å². The highest BCUT2D eigenvalue weighted by Crippen LogP contribution is 2.34. The topological polar surface area (TPSA) is 56.3 Å². The Labute approximate surface area is 157 Å². The second-order valence-corrected chi connectivity index (χ2v) is 6.37. The van der Waals surface area contributed by atoms with Gasteiger partial charge in [-0.3, -0.25) is 0 Å². The van der Waals surface area contributed by atoms with Crippen LogP contribution in [-0.2, 0) is 12.8 Å². The van der Waals surface area contributed by atoms with Crippen LogP contribution in [0.2, 0.25) is 0 Å². The molecule has 0 amide bonds. The van der Waals surface area contributed by atoms with Gasteiger partial charge in [0.15, 0.2) is 0 Å². The number of benzene rings is 3. The number of hydrogen-bond donors (Lipinski definition) is 2. The van der Waals surface area contributed by atoms with Crippen LogP contribution in [0.3, 0.4) is 0 Å². The molecule has 0 aliphatic rings. The molecule has 0 spiro atoms. The zero-order valence-electron chi connectivity index (χ0n) is 16.4. The minimum Gasteiger partial charge on any atom is -0.457 e. The van der Waals surface area contributed by atoms with E-state index in [2.05, 4.69) is 75.5 Å². The van der Waals surface area contributed by atoms with Gasteiger partial charge in [-0.1, -0.05) is 44.2 Å². The third-order valence-corrected chi connectivity index (χ3v) is 4.77. The first-order valence-electron chi connectivity index (χ1n) is 9.23. The normalized spacial score (nSPS) is 10.5. The van der Waals surface area contributed by atoms with E-state index in [4.69, 9.17) is 4.74 Å². The molecule has 3 aromatic carbocycles. The zero-order chi connectivity index (χ0) is 17.8. The van der Waals surface area contributed by atoms with Gasteiger partial charge in [-0.15, -0.1) is 0 Å². The van der Waals surface area contributed by atoms with Crippen molar-refractivity contribution in [3.63, 3.8) is 0 Å². The summed E-state index contributed by atoms with van der Waals surface area (Å²) < 4.78 is 6.27. The second kappa shape index (κ2) is 8.72. The summed E-state index contributed by atoms with van der Waals surface area (Å²) in [5.41, 5.74) is 5.22. The van der Waals surface area contributed by atoms with Crippen molar-refractivity contribution in [3.05, 3.63) is 65.2 Å². The van der Waals surface area contributed by atoms with Crippen molar-refractivity contribution >= 4 is 16.5 Å². The van der Waals surface area contributed by atoms with Crippen LogP contribution in [0, 0.1) is 6.92 Å². The minimum atomic E-state index is 0. The molecule has 3 rings (SSSR count). The van der Waals surface area contributed by atoms with Gasteiger partial charge in [0, 0.05) is 23.7 Å². The van der Waals surface area contributed by atoms with Crippen molar-refractivity contribution in [2.75, 3.05) is 11.9 Å². The first-order valence-corrected chi connectivity index (χ1v) is 9.23. The lowest BCUT2D eigenvalue weighted by Crippen LogP contribution is -1.99. The number of anilines is 1. The van der Waals surface area contributed by atoms with E-state index in [1.54, 1.807) is 0 Å². The Bertz CT molecular complexity index is 887. The third kappa shape index (κ3) is 3.83. The van der Waals surface area contributed by atoms with E-state index >= 15 is 0 Å². The molecular weight excluding hydrogens is 320 g/mol. The van der Waals surface area contributed by atoms with Crippen molar-refractivity contribution in [1.29, 1.82) is 0 Å². The van der Waals surface area contributed by atoms with Crippen molar-refractivity contribution < 1.29 is 4.74 Å². The lowest BCUT2D eigenvalue weighted by Gasteiger charge is -2.15. The van der Waals surface area contributed by atoms with Gasteiger partial charge in [0.05, 0.1) is 0 Å². The molecule has 0 radical (unpaired) electrons. The fourth-order valence-electron chi connectivity index (χ4n) is 3.45. The van der Waals surface area contributed by atoms with E-state index in [0.717, 1.165) is 36.6 Å². The minimum absolute atomic E-state index is 0. The van der Waals surface area contributed by atoms with Crippen LogP contribution in [0.1, 0.15) is 37.5 Å². The fourth-order valence-corrected chi connectivity index (χ4v) is 3.45. The van der Waals surface area contributed by atoms with E-state index in [1.165, 1.54) is 27.5 Å². The maximum Gasteiger partial charge on any atom is 0.135 e. The SMILES string of the molecule is CCNc1cc(Oc2cccc3c(CC)c(CC)ccc23)ccc1C.N. The van der Waals surface area contributed by atoms with Crippen molar-refractivity contribution in [1.82, 2.24) is 6.15 Å². The zero-order valence-corrected chi connectivity index (χ0v) is 16.4. The Balaban J connectivity index is 0.00000243. The van der Waals surface area contributed by atoms with Crippen LogP contribution < -0.4 is 16.2 Å². The average Bonchev–Trinajstić information content (AvgIpc) is 2.63. The summed E-state index contributed by atoms with van der Waals surface area (Å²) in [6.45, 7) is 9.56. The predicted molar refractivity (Wildman–Crippen MR) is 113 cm³/mol. The Morgan fingerprint density at radius 2 is 1.69 bits per heavy atom. The van der Waals surface area contributed by atoms with Gasteiger partial charge < -0.3 is 16.2 Å². The Hall–Kier alpha value is -2.52. The number of fused-ring (bicyclic) bond motifs is 1. The molecule has 138 valence electrons. The highest BCUT2D eigenvalue weighted by Gasteiger charge is 2.10. The molecule has 0 atom stereocenters. The maximum absolute atomic E-state index is 6.27. The molecule has 0 saturated carbocycles. The van der Waals surface area contributed by atoms with Crippen LogP contribution in [0.25, 0.3) is 10.8 Å². The van der Waals surface area contributed by atoms with Crippen LogP contribution in [0.5, 0.6) is 11.5 Å². The summed E-state index contributed by atoms with van der Waals surface area (Å²) in [5.74, 6) is 1.79. The number of hydrogen-bond acceptors (Lipinski definition) is 3. The number of rotatable bonds is 6. The monoisotopic (exact) mass is 350 g/mol. The fraction of sp³-hybridized carbons (Fsp3) is 0.304. The number of aryl methyl sites for hydroxylation is 3. The Kier molecular flexibility index (Phi) is 6.64. The van der Waals surface area contributed by atoms with Gasteiger partial charge in [0.25, 0.3) is 0 Å². The summed E-state index contributed by atoms with van der Waals surface area (Å²) in [6, 6.07) is 17.0. The second-order valence-electron chi connectivity index (χ2n) is 6.37. The lowest BCUT2D eigenvalue weighted by atomic mass is 9.95. The van der Waals surface area contributed by atoms with Crippen LogP contribution in [0.15, 0.2) is 48.5 Å². The largest absolute Gasteiger partial charge is 0.457 e. The van der Waals surface area contributed by atoms with Gasteiger partial charge in [0.1, 0.15) is 11.5 Å². The van der Waals surface area contributed by atoms with E-state index in [0.29, 0.717) is 0 Å². The molecular formula is C23H30N2O. The van der Waals surface area contributed by atoms with Gasteiger partial charge in [-0.25, -0.2) is 0 Å².